The zero-order valence-electron chi connectivity index (χ0n) is 7.52. The highest BCUT2D eigenvalue weighted by Crippen LogP contribution is 2.47. The van der Waals surface area contributed by atoms with E-state index in [4.69, 9.17) is 4.74 Å². The first-order valence-electron chi connectivity index (χ1n) is 4.02. The van der Waals surface area contributed by atoms with Gasteiger partial charge >= 0.3 is 5.97 Å². The van der Waals surface area contributed by atoms with Crippen LogP contribution in [0.4, 0.5) is 0 Å². The molecule has 6 heteroatoms. The second-order valence-corrected chi connectivity index (χ2v) is 3.20. The van der Waals surface area contributed by atoms with Gasteiger partial charge in [0.1, 0.15) is 5.41 Å². The normalized spacial score (nSPS) is 18.3. The quantitative estimate of drug-likeness (QED) is 0.572. The lowest BCUT2D eigenvalue weighted by Gasteiger charge is -2.09. The molecule has 1 saturated carbocycles. The molecule has 0 spiro atoms. The van der Waals surface area contributed by atoms with Crippen LogP contribution in [-0.2, 0) is 22.0 Å². The largest absolute Gasteiger partial charge is 0.468 e. The van der Waals surface area contributed by atoms with E-state index >= 15 is 0 Å². The number of esters is 1. The Morgan fingerprint density at radius 1 is 1.62 bits per heavy atom. The zero-order chi connectivity index (χ0) is 9.47. The molecule has 1 fully saturated rings. The lowest BCUT2D eigenvalue weighted by molar-refractivity contribution is -0.144. The average molecular weight is 182 g/mol. The molecule has 1 heterocycles. The molecule has 0 saturated heterocycles. The highest BCUT2D eigenvalue weighted by Gasteiger charge is 2.56. The number of nitrogens with zero attached hydrogens (tertiary/aromatic N) is 4. The summed E-state index contributed by atoms with van der Waals surface area (Å²) in [4.78, 5) is 11.4. The minimum Gasteiger partial charge on any atom is -0.468 e. The van der Waals surface area contributed by atoms with E-state index in [1.165, 1.54) is 11.8 Å². The Balaban J connectivity index is 2.36. The van der Waals surface area contributed by atoms with Crippen molar-refractivity contribution in [3.05, 3.63) is 5.82 Å². The Morgan fingerprint density at radius 2 is 2.31 bits per heavy atom. The molecule has 1 aliphatic rings. The molecule has 0 aromatic carbocycles. The number of tetrazole rings is 1. The average Bonchev–Trinajstić information content (AvgIpc) is 2.83. The summed E-state index contributed by atoms with van der Waals surface area (Å²) < 4.78 is 6.23. The monoisotopic (exact) mass is 182 g/mol. The van der Waals surface area contributed by atoms with Gasteiger partial charge in [-0.15, -0.1) is 5.10 Å². The number of ether oxygens (including phenoxy) is 1. The van der Waals surface area contributed by atoms with Crippen molar-refractivity contribution in [3.63, 3.8) is 0 Å². The van der Waals surface area contributed by atoms with Crippen molar-refractivity contribution < 1.29 is 9.53 Å². The van der Waals surface area contributed by atoms with Crippen molar-refractivity contribution in [2.24, 2.45) is 7.05 Å². The molecule has 1 aromatic heterocycles. The molecule has 1 aromatic rings. The molecule has 0 aliphatic heterocycles. The molecule has 1 aliphatic carbocycles. The van der Waals surface area contributed by atoms with E-state index in [1.807, 2.05) is 0 Å². The summed E-state index contributed by atoms with van der Waals surface area (Å²) in [5.41, 5.74) is -0.562. The van der Waals surface area contributed by atoms with Gasteiger partial charge in [-0.1, -0.05) is 0 Å². The summed E-state index contributed by atoms with van der Waals surface area (Å²) in [6.07, 6.45) is 1.54. The highest BCUT2D eigenvalue weighted by atomic mass is 16.5. The van der Waals surface area contributed by atoms with Gasteiger partial charge in [-0.3, -0.25) is 4.79 Å². The lowest BCUT2D eigenvalue weighted by atomic mass is 10.1. The lowest BCUT2D eigenvalue weighted by Crippen LogP contribution is -2.25. The van der Waals surface area contributed by atoms with Gasteiger partial charge in [0.15, 0.2) is 5.82 Å². The van der Waals surface area contributed by atoms with Gasteiger partial charge in [0.25, 0.3) is 0 Å². The van der Waals surface area contributed by atoms with E-state index in [0.717, 1.165) is 12.8 Å². The summed E-state index contributed by atoms with van der Waals surface area (Å²) >= 11 is 0. The minimum atomic E-state index is -0.562. The van der Waals surface area contributed by atoms with Crippen LogP contribution in [0.2, 0.25) is 0 Å². The van der Waals surface area contributed by atoms with Gasteiger partial charge in [-0.2, -0.15) is 0 Å². The first kappa shape index (κ1) is 8.15. The van der Waals surface area contributed by atoms with Crippen molar-refractivity contribution in [2.75, 3.05) is 7.11 Å². The number of aromatic nitrogens is 4. The molecule has 2 rings (SSSR count). The summed E-state index contributed by atoms with van der Waals surface area (Å²) in [6.45, 7) is 0. The smallest absolute Gasteiger partial charge is 0.319 e. The van der Waals surface area contributed by atoms with Crippen molar-refractivity contribution in [2.45, 2.75) is 18.3 Å². The number of hydrogen-bond donors (Lipinski definition) is 0. The van der Waals surface area contributed by atoms with Gasteiger partial charge in [-0.05, 0) is 23.3 Å². The Hall–Kier alpha value is -1.46. The topological polar surface area (TPSA) is 69.9 Å². The molecule has 70 valence electrons. The summed E-state index contributed by atoms with van der Waals surface area (Å²) in [6, 6.07) is 0. The second-order valence-electron chi connectivity index (χ2n) is 3.20. The van der Waals surface area contributed by atoms with Crippen LogP contribution in [0.5, 0.6) is 0 Å². The fourth-order valence-electron chi connectivity index (χ4n) is 1.47. The van der Waals surface area contributed by atoms with Crippen LogP contribution in [0.25, 0.3) is 0 Å². The number of hydrogen-bond acceptors (Lipinski definition) is 5. The Bertz CT molecular complexity index is 342. The fourth-order valence-corrected chi connectivity index (χ4v) is 1.47. The van der Waals surface area contributed by atoms with Crippen LogP contribution in [0.15, 0.2) is 0 Å². The molecule has 13 heavy (non-hydrogen) atoms. The van der Waals surface area contributed by atoms with E-state index < -0.39 is 5.41 Å². The number of rotatable bonds is 2. The van der Waals surface area contributed by atoms with Crippen molar-refractivity contribution in [1.29, 1.82) is 0 Å². The maximum absolute atomic E-state index is 11.4. The predicted octanol–water partition coefficient (Wildman–Crippen LogP) is -0.585. The number of aryl methyl sites for hydroxylation is 1. The van der Waals surface area contributed by atoms with Gasteiger partial charge in [0.05, 0.1) is 7.11 Å². The van der Waals surface area contributed by atoms with E-state index in [2.05, 4.69) is 15.5 Å². The summed E-state index contributed by atoms with van der Waals surface area (Å²) in [5, 5.41) is 11.0. The van der Waals surface area contributed by atoms with E-state index in [0.29, 0.717) is 5.82 Å². The van der Waals surface area contributed by atoms with E-state index in [1.54, 1.807) is 7.05 Å². The molecular formula is C7H10N4O2. The van der Waals surface area contributed by atoms with Gasteiger partial charge < -0.3 is 4.74 Å². The van der Waals surface area contributed by atoms with Crippen LogP contribution in [0.1, 0.15) is 18.7 Å². The second kappa shape index (κ2) is 2.51. The summed E-state index contributed by atoms with van der Waals surface area (Å²) in [7, 11) is 3.10. The molecule has 0 bridgehead atoms. The standard InChI is InChI=1S/C7H10N4O2/c1-11-5(8-9-10-11)7(3-4-7)6(12)13-2/h3-4H2,1-2H3. The van der Waals surface area contributed by atoms with Crippen molar-refractivity contribution in [3.8, 4) is 0 Å². The van der Waals surface area contributed by atoms with Crippen LogP contribution in [0.3, 0.4) is 0 Å². The molecular weight excluding hydrogens is 172 g/mol. The predicted molar refractivity (Wildman–Crippen MR) is 41.7 cm³/mol. The first-order chi connectivity index (χ1) is 6.20. The molecule has 0 radical (unpaired) electrons. The Kier molecular flexibility index (Phi) is 1.58. The van der Waals surface area contributed by atoms with E-state index in [9.17, 15) is 4.79 Å². The SMILES string of the molecule is COC(=O)C1(c2nnnn2C)CC1. The molecule has 0 unspecified atom stereocenters. The number of carbonyl (C=O) groups is 1. The van der Waals surface area contributed by atoms with Crippen LogP contribution in [-0.4, -0.2) is 33.3 Å². The fraction of sp³-hybridized carbons (Fsp3) is 0.714. The summed E-state index contributed by atoms with van der Waals surface area (Å²) in [5.74, 6) is 0.352. The van der Waals surface area contributed by atoms with Crippen molar-refractivity contribution in [1.82, 2.24) is 20.2 Å². The third kappa shape index (κ3) is 1.01. The third-order valence-electron chi connectivity index (χ3n) is 2.37. The maximum atomic E-state index is 11.4. The van der Waals surface area contributed by atoms with Crippen LogP contribution < -0.4 is 0 Å². The molecule has 0 amide bonds. The maximum Gasteiger partial charge on any atom is 0.319 e. The first-order valence-corrected chi connectivity index (χ1v) is 4.02. The Labute approximate surface area is 74.9 Å². The van der Waals surface area contributed by atoms with Crippen molar-refractivity contribution >= 4 is 5.97 Å². The Morgan fingerprint density at radius 3 is 2.69 bits per heavy atom. The minimum absolute atomic E-state index is 0.245. The van der Waals surface area contributed by atoms with Gasteiger partial charge in [0, 0.05) is 7.05 Å². The molecule has 0 N–H and O–H groups in total. The van der Waals surface area contributed by atoms with E-state index in [-0.39, 0.29) is 5.97 Å². The van der Waals surface area contributed by atoms with Gasteiger partial charge in [0.2, 0.25) is 0 Å². The van der Waals surface area contributed by atoms with Crippen LogP contribution in [0, 0.1) is 0 Å². The number of carbonyl (C=O) groups excluding carboxylic acids is 1. The highest BCUT2D eigenvalue weighted by molar-refractivity contribution is 5.85. The molecule has 0 atom stereocenters. The molecule has 6 nitrogen and oxygen atoms in total. The zero-order valence-corrected chi connectivity index (χ0v) is 7.52. The van der Waals surface area contributed by atoms with Crippen LogP contribution >= 0.6 is 0 Å². The number of methoxy groups -OCH3 is 1. The van der Waals surface area contributed by atoms with Gasteiger partial charge in [-0.25, -0.2) is 4.68 Å². The third-order valence-corrected chi connectivity index (χ3v) is 2.37.